The van der Waals surface area contributed by atoms with E-state index >= 15 is 0 Å². The van der Waals surface area contributed by atoms with E-state index in [1.165, 1.54) is 19.1 Å². The molecule has 0 aliphatic heterocycles. The summed E-state index contributed by atoms with van der Waals surface area (Å²) in [5.41, 5.74) is -1.61. The number of nitrogens with zero attached hydrogens (tertiary/aromatic N) is 1. The van der Waals surface area contributed by atoms with Crippen LogP contribution in [0.25, 0.3) is 0 Å². The van der Waals surface area contributed by atoms with Gasteiger partial charge in [0.05, 0.1) is 17.6 Å². The minimum atomic E-state index is -4.48. The second-order valence-electron chi connectivity index (χ2n) is 6.34. The number of halogens is 3. The average molecular weight is 357 g/mol. The summed E-state index contributed by atoms with van der Waals surface area (Å²) in [6.45, 7) is 1.23. The molecule has 0 bridgehead atoms. The molecule has 1 saturated carbocycles. The number of ketones is 2. The number of alkyl halides is 3. The molecule has 6 heteroatoms. The molecule has 26 heavy (non-hydrogen) atoms. The Bertz CT molecular complexity index is 897. The average Bonchev–Trinajstić information content (AvgIpc) is 3.31. The fraction of sp³-hybridized carbons (Fsp3) is 0.250. The summed E-state index contributed by atoms with van der Waals surface area (Å²) in [7, 11) is 0. The van der Waals surface area contributed by atoms with Gasteiger partial charge >= 0.3 is 6.18 Å². The van der Waals surface area contributed by atoms with Crippen LogP contribution in [0.3, 0.4) is 0 Å². The lowest BCUT2D eigenvalue weighted by molar-refractivity contribution is -0.137. The van der Waals surface area contributed by atoms with Crippen LogP contribution in [0.4, 0.5) is 13.2 Å². The molecule has 3 nitrogen and oxygen atoms in total. The molecule has 2 aromatic rings. The summed E-state index contributed by atoms with van der Waals surface area (Å²) in [5, 5.41) is 9.61. The van der Waals surface area contributed by atoms with Crippen LogP contribution in [0.5, 0.6) is 0 Å². The molecule has 1 aliphatic rings. The molecule has 1 aliphatic carbocycles. The molecule has 0 radical (unpaired) electrons. The van der Waals surface area contributed by atoms with Gasteiger partial charge in [0.15, 0.2) is 11.6 Å². The summed E-state index contributed by atoms with van der Waals surface area (Å²) in [4.78, 5) is 25.0. The quantitative estimate of drug-likeness (QED) is 0.762. The smallest absolute Gasteiger partial charge is 0.298 e. The molecular formula is C20H14F3NO2. The molecule has 0 amide bonds. The maximum absolute atomic E-state index is 12.8. The summed E-state index contributed by atoms with van der Waals surface area (Å²) in [6, 6.07) is 14.5. The van der Waals surface area contributed by atoms with Crippen molar-refractivity contribution in [2.75, 3.05) is 0 Å². The number of Topliss-reactive ketones (excluding diaryl/α,β-unsaturated/α-hetero) is 2. The van der Waals surface area contributed by atoms with Gasteiger partial charge in [0.25, 0.3) is 0 Å². The van der Waals surface area contributed by atoms with E-state index in [9.17, 15) is 28.0 Å². The largest absolute Gasteiger partial charge is 0.416 e. The molecule has 0 N–H and O–H groups in total. The van der Waals surface area contributed by atoms with E-state index in [2.05, 4.69) is 0 Å². The maximum Gasteiger partial charge on any atom is 0.416 e. The molecular weight excluding hydrogens is 343 g/mol. The Morgan fingerprint density at radius 3 is 2.08 bits per heavy atom. The predicted molar refractivity (Wildman–Crippen MR) is 87.2 cm³/mol. The zero-order chi connectivity index (χ0) is 19.1. The number of rotatable bonds is 4. The number of carbonyl (C=O) groups excluding carboxylic acids is 2. The van der Waals surface area contributed by atoms with Crippen LogP contribution in [-0.4, -0.2) is 11.6 Å². The van der Waals surface area contributed by atoms with E-state index in [4.69, 9.17) is 0 Å². The molecule has 132 valence electrons. The van der Waals surface area contributed by atoms with E-state index in [0.29, 0.717) is 11.1 Å². The van der Waals surface area contributed by atoms with Crippen molar-refractivity contribution >= 4 is 11.6 Å². The molecule has 0 aromatic heterocycles. The Morgan fingerprint density at radius 2 is 1.62 bits per heavy atom. The molecule has 3 unspecified atom stereocenters. The van der Waals surface area contributed by atoms with Crippen LogP contribution >= 0.6 is 0 Å². The van der Waals surface area contributed by atoms with E-state index in [0.717, 1.165) is 12.1 Å². The molecule has 0 spiro atoms. The number of hydrogen-bond acceptors (Lipinski definition) is 3. The van der Waals surface area contributed by atoms with Crippen molar-refractivity contribution < 1.29 is 22.8 Å². The highest BCUT2D eigenvalue weighted by Crippen LogP contribution is 2.66. The van der Waals surface area contributed by atoms with Gasteiger partial charge in [-0.05, 0) is 24.6 Å². The molecule has 2 aromatic carbocycles. The monoisotopic (exact) mass is 357 g/mol. The van der Waals surface area contributed by atoms with Crippen molar-refractivity contribution in [3.8, 4) is 6.07 Å². The van der Waals surface area contributed by atoms with Gasteiger partial charge in [-0.1, -0.05) is 42.5 Å². The Hall–Kier alpha value is -2.94. The summed E-state index contributed by atoms with van der Waals surface area (Å²) < 4.78 is 38.2. The fourth-order valence-electron chi connectivity index (χ4n) is 3.52. The lowest BCUT2D eigenvalue weighted by Crippen LogP contribution is -2.17. The van der Waals surface area contributed by atoms with Gasteiger partial charge in [-0.3, -0.25) is 9.59 Å². The van der Waals surface area contributed by atoms with E-state index in [-0.39, 0.29) is 5.78 Å². The highest BCUT2D eigenvalue weighted by molar-refractivity contribution is 6.08. The van der Waals surface area contributed by atoms with Crippen LogP contribution in [0.2, 0.25) is 0 Å². The van der Waals surface area contributed by atoms with Crippen LogP contribution in [0.1, 0.15) is 34.3 Å². The second kappa shape index (κ2) is 6.10. The fourth-order valence-corrected chi connectivity index (χ4v) is 3.52. The van der Waals surface area contributed by atoms with E-state index in [1.807, 2.05) is 6.07 Å². The Morgan fingerprint density at radius 1 is 1.04 bits per heavy atom. The lowest BCUT2D eigenvalue weighted by atomic mass is 9.94. The predicted octanol–water partition coefficient (Wildman–Crippen LogP) is 4.40. The molecule has 0 saturated heterocycles. The van der Waals surface area contributed by atoms with Gasteiger partial charge in [-0.15, -0.1) is 0 Å². The zero-order valence-electron chi connectivity index (χ0n) is 13.7. The number of hydrogen-bond donors (Lipinski definition) is 0. The standard InChI is InChI=1S/C20H14F3NO2/c1-12(25)19(11-24)16(13-7-9-15(10-8-13)20(21,22)23)17(19)18(26)14-5-3-2-4-6-14/h2-10,16-17H,1H3. The van der Waals surface area contributed by atoms with Gasteiger partial charge in [0.2, 0.25) is 0 Å². The van der Waals surface area contributed by atoms with Gasteiger partial charge in [-0.25, -0.2) is 0 Å². The van der Waals surface area contributed by atoms with Gasteiger partial charge < -0.3 is 0 Å². The molecule has 3 rings (SSSR count). The van der Waals surface area contributed by atoms with Crippen molar-refractivity contribution in [2.24, 2.45) is 11.3 Å². The van der Waals surface area contributed by atoms with E-state index < -0.39 is 34.8 Å². The van der Waals surface area contributed by atoms with Crippen molar-refractivity contribution in [1.82, 2.24) is 0 Å². The minimum absolute atomic E-state index is 0.354. The van der Waals surface area contributed by atoms with Gasteiger partial charge in [0.1, 0.15) is 5.41 Å². The van der Waals surface area contributed by atoms with Crippen molar-refractivity contribution in [2.45, 2.75) is 19.0 Å². The third-order valence-corrected chi connectivity index (χ3v) is 4.91. The summed E-state index contributed by atoms with van der Waals surface area (Å²) >= 11 is 0. The maximum atomic E-state index is 12.8. The number of nitriles is 1. The third kappa shape index (κ3) is 2.70. The molecule has 1 fully saturated rings. The first kappa shape index (κ1) is 17.9. The van der Waals surface area contributed by atoms with Crippen molar-refractivity contribution in [1.29, 1.82) is 5.26 Å². The Labute approximate surface area is 148 Å². The van der Waals surface area contributed by atoms with E-state index in [1.54, 1.807) is 30.3 Å². The minimum Gasteiger partial charge on any atom is -0.298 e. The number of benzene rings is 2. The zero-order valence-corrected chi connectivity index (χ0v) is 13.7. The highest BCUT2D eigenvalue weighted by Gasteiger charge is 2.72. The normalized spacial score (nSPS) is 24.6. The Kier molecular flexibility index (Phi) is 4.19. The number of carbonyl (C=O) groups is 2. The van der Waals surface area contributed by atoms with Crippen LogP contribution < -0.4 is 0 Å². The van der Waals surface area contributed by atoms with Crippen molar-refractivity contribution in [3.05, 3.63) is 71.3 Å². The first-order chi connectivity index (χ1) is 12.2. The lowest BCUT2D eigenvalue weighted by Gasteiger charge is -2.08. The highest BCUT2D eigenvalue weighted by atomic mass is 19.4. The Balaban J connectivity index is 2.01. The summed E-state index contributed by atoms with van der Waals surface area (Å²) in [6.07, 6.45) is -4.48. The molecule has 0 heterocycles. The molecule has 3 atom stereocenters. The first-order valence-electron chi connectivity index (χ1n) is 7.92. The van der Waals surface area contributed by atoms with Gasteiger partial charge in [0, 0.05) is 11.5 Å². The van der Waals surface area contributed by atoms with Crippen LogP contribution in [0.15, 0.2) is 54.6 Å². The SMILES string of the molecule is CC(=O)C1(C#N)C(C(=O)c2ccccc2)C1c1ccc(C(F)(F)F)cc1. The second-order valence-corrected chi connectivity index (χ2v) is 6.34. The topological polar surface area (TPSA) is 57.9 Å². The van der Waals surface area contributed by atoms with Crippen LogP contribution in [-0.2, 0) is 11.0 Å². The third-order valence-electron chi connectivity index (χ3n) is 4.91. The van der Waals surface area contributed by atoms with Gasteiger partial charge in [-0.2, -0.15) is 18.4 Å². The first-order valence-corrected chi connectivity index (χ1v) is 7.92. The van der Waals surface area contributed by atoms with Crippen LogP contribution in [0, 0.1) is 22.7 Å². The summed E-state index contributed by atoms with van der Waals surface area (Å²) in [5.74, 6) is -2.46. The van der Waals surface area contributed by atoms with Crippen molar-refractivity contribution in [3.63, 3.8) is 0 Å².